The fourth-order valence-electron chi connectivity index (χ4n) is 1.44. The number of carbonyl (C=O) groups excluding carboxylic acids is 1. The number of hydrogen-bond donors (Lipinski definition) is 0. The van der Waals surface area contributed by atoms with Crippen molar-refractivity contribution in [3.63, 3.8) is 0 Å². The van der Waals surface area contributed by atoms with Gasteiger partial charge >= 0.3 is 0 Å². The third-order valence-corrected chi connectivity index (χ3v) is 2.18. The molecule has 0 amide bonds. The summed E-state index contributed by atoms with van der Waals surface area (Å²) in [4.78, 5) is 19.4. The van der Waals surface area contributed by atoms with Crippen LogP contribution in [0.2, 0.25) is 0 Å². The van der Waals surface area contributed by atoms with Crippen LogP contribution in [0.25, 0.3) is 10.9 Å². The molecule has 1 aromatic heterocycles. The summed E-state index contributed by atoms with van der Waals surface area (Å²) >= 11 is 0. The van der Waals surface area contributed by atoms with E-state index in [4.69, 9.17) is 4.74 Å². The first kappa shape index (κ1) is 9.58. The molecule has 4 heteroatoms. The van der Waals surface area contributed by atoms with Gasteiger partial charge in [0.05, 0.1) is 12.6 Å². The second-order valence-electron chi connectivity index (χ2n) is 3.16. The van der Waals surface area contributed by atoms with Crippen LogP contribution < -0.4 is 4.74 Å². The predicted molar refractivity (Wildman–Crippen MR) is 56.1 cm³/mol. The topological polar surface area (TPSA) is 52.1 Å². The van der Waals surface area contributed by atoms with Crippen molar-refractivity contribution in [3.8, 4) is 5.75 Å². The number of nitrogens with zero attached hydrogens (tertiary/aromatic N) is 2. The highest BCUT2D eigenvalue weighted by Gasteiger charge is 2.08. The van der Waals surface area contributed by atoms with Crippen LogP contribution >= 0.6 is 0 Å². The molecular weight excluding hydrogens is 192 g/mol. The van der Waals surface area contributed by atoms with Gasteiger partial charge < -0.3 is 4.74 Å². The Morgan fingerprint density at radius 1 is 1.33 bits per heavy atom. The van der Waals surface area contributed by atoms with Gasteiger partial charge in [0, 0.05) is 12.3 Å². The second kappa shape index (κ2) is 3.65. The van der Waals surface area contributed by atoms with Crippen molar-refractivity contribution < 1.29 is 9.53 Å². The van der Waals surface area contributed by atoms with E-state index in [1.165, 1.54) is 13.3 Å². The summed E-state index contributed by atoms with van der Waals surface area (Å²) in [6.07, 6.45) is 1.39. The first-order valence-corrected chi connectivity index (χ1v) is 4.52. The minimum absolute atomic E-state index is 0.0735. The molecule has 15 heavy (non-hydrogen) atoms. The maximum Gasteiger partial charge on any atom is 0.178 e. The Morgan fingerprint density at radius 2 is 2.13 bits per heavy atom. The Hall–Kier alpha value is -1.97. The number of methoxy groups -OCH3 is 1. The maximum atomic E-state index is 11.3. The molecule has 0 saturated carbocycles. The van der Waals surface area contributed by atoms with Gasteiger partial charge in [-0.2, -0.15) is 0 Å². The predicted octanol–water partition coefficient (Wildman–Crippen LogP) is 1.84. The summed E-state index contributed by atoms with van der Waals surface area (Å²) in [5, 5.41) is 0.726. The molecule has 4 nitrogen and oxygen atoms in total. The lowest BCUT2D eigenvalue weighted by molar-refractivity contribution is 0.101. The SMILES string of the molecule is COc1ccc2ncnc(C(C)=O)c2c1. The van der Waals surface area contributed by atoms with E-state index < -0.39 is 0 Å². The number of fused-ring (bicyclic) bond motifs is 1. The number of rotatable bonds is 2. The van der Waals surface area contributed by atoms with Crippen molar-refractivity contribution in [3.05, 3.63) is 30.2 Å². The van der Waals surface area contributed by atoms with Gasteiger partial charge in [-0.05, 0) is 18.2 Å². The molecule has 0 spiro atoms. The van der Waals surface area contributed by atoms with Gasteiger partial charge in [0.2, 0.25) is 0 Å². The highest BCUT2D eigenvalue weighted by Crippen LogP contribution is 2.21. The molecule has 0 aliphatic heterocycles. The number of benzene rings is 1. The van der Waals surface area contributed by atoms with Crippen molar-refractivity contribution in [1.82, 2.24) is 9.97 Å². The van der Waals surface area contributed by atoms with Crippen LogP contribution in [0.3, 0.4) is 0 Å². The third-order valence-electron chi connectivity index (χ3n) is 2.18. The molecule has 0 atom stereocenters. The standard InChI is InChI=1S/C11H10N2O2/c1-7(14)11-9-5-8(15-2)3-4-10(9)12-6-13-11/h3-6H,1-2H3. The number of carbonyl (C=O) groups is 1. The lowest BCUT2D eigenvalue weighted by Gasteiger charge is -2.04. The molecule has 1 heterocycles. The first-order chi connectivity index (χ1) is 7.22. The molecule has 0 aliphatic rings. The summed E-state index contributed by atoms with van der Waals surface area (Å²) in [5.74, 6) is 0.621. The molecule has 0 fully saturated rings. The first-order valence-electron chi connectivity index (χ1n) is 4.52. The Morgan fingerprint density at radius 3 is 2.80 bits per heavy atom. The second-order valence-corrected chi connectivity index (χ2v) is 3.16. The van der Waals surface area contributed by atoms with Crippen molar-refractivity contribution in [1.29, 1.82) is 0 Å². The third kappa shape index (κ3) is 1.66. The molecule has 1 aromatic carbocycles. The van der Waals surface area contributed by atoms with Crippen LogP contribution in [0, 0.1) is 0 Å². The summed E-state index contributed by atoms with van der Waals surface area (Å²) in [6.45, 7) is 1.49. The molecule has 2 aromatic rings. The summed E-state index contributed by atoms with van der Waals surface area (Å²) in [7, 11) is 1.58. The van der Waals surface area contributed by atoms with Gasteiger partial charge in [-0.25, -0.2) is 9.97 Å². The Labute approximate surface area is 86.9 Å². The number of ether oxygens (including phenoxy) is 1. The zero-order chi connectivity index (χ0) is 10.8. The summed E-state index contributed by atoms with van der Waals surface area (Å²) in [5.41, 5.74) is 1.18. The van der Waals surface area contributed by atoms with E-state index in [9.17, 15) is 4.79 Å². The van der Waals surface area contributed by atoms with Crippen LogP contribution in [0.5, 0.6) is 5.75 Å². The van der Waals surface area contributed by atoms with E-state index >= 15 is 0 Å². The number of Topliss-reactive ketones (excluding diaryl/α,β-unsaturated/α-hetero) is 1. The van der Waals surface area contributed by atoms with E-state index in [0.29, 0.717) is 11.4 Å². The van der Waals surface area contributed by atoms with Crippen LogP contribution in [0.1, 0.15) is 17.4 Å². The highest BCUT2D eigenvalue weighted by atomic mass is 16.5. The van der Waals surface area contributed by atoms with E-state index in [1.807, 2.05) is 6.07 Å². The van der Waals surface area contributed by atoms with E-state index in [0.717, 1.165) is 10.9 Å². The lowest BCUT2D eigenvalue weighted by atomic mass is 10.1. The molecule has 2 rings (SSSR count). The molecular formula is C11H10N2O2. The monoisotopic (exact) mass is 202 g/mol. The smallest absolute Gasteiger partial charge is 0.178 e. The van der Waals surface area contributed by atoms with Gasteiger partial charge in [-0.1, -0.05) is 0 Å². The average molecular weight is 202 g/mol. The average Bonchev–Trinajstić information content (AvgIpc) is 2.27. The fourth-order valence-corrected chi connectivity index (χ4v) is 1.44. The van der Waals surface area contributed by atoms with Crippen LogP contribution in [-0.4, -0.2) is 22.9 Å². The van der Waals surface area contributed by atoms with Gasteiger partial charge in [0.1, 0.15) is 17.8 Å². The van der Waals surface area contributed by atoms with Gasteiger partial charge in [-0.3, -0.25) is 4.79 Å². The maximum absolute atomic E-state index is 11.3. The molecule has 0 aliphatic carbocycles. The lowest BCUT2D eigenvalue weighted by Crippen LogP contribution is -1.99. The Kier molecular flexibility index (Phi) is 2.33. The Balaban J connectivity index is 2.76. The zero-order valence-electron chi connectivity index (χ0n) is 8.52. The van der Waals surface area contributed by atoms with Crippen LogP contribution in [0.4, 0.5) is 0 Å². The number of aromatic nitrogens is 2. The molecule has 0 radical (unpaired) electrons. The quantitative estimate of drug-likeness (QED) is 0.697. The van der Waals surface area contributed by atoms with Gasteiger partial charge in [-0.15, -0.1) is 0 Å². The zero-order valence-corrected chi connectivity index (χ0v) is 8.52. The van der Waals surface area contributed by atoms with Crippen molar-refractivity contribution in [2.45, 2.75) is 6.92 Å². The highest BCUT2D eigenvalue weighted by molar-refractivity contribution is 6.04. The number of ketones is 1. The minimum atomic E-state index is -0.0735. The molecule has 0 bridgehead atoms. The van der Waals surface area contributed by atoms with Crippen molar-refractivity contribution in [2.24, 2.45) is 0 Å². The van der Waals surface area contributed by atoms with Crippen LogP contribution in [0.15, 0.2) is 24.5 Å². The van der Waals surface area contributed by atoms with Gasteiger partial charge in [0.25, 0.3) is 0 Å². The largest absolute Gasteiger partial charge is 0.497 e. The van der Waals surface area contributed by atoms with E-state index in [-0.39, 0.29) is 5.78 Å². The molecule has 0 saturated heterocycles. The van der Waals surface area contributed by atoms with Gasteiger partial charge in [0.15, 0.2) is 5.78 Å². The van der Waals surface area contributed by atoms with Crippen molar-refractivity contribution >= 4 is 16.7 Å². The van der Waals surface area contributed by atoms with Crippen LogP contribution in [-0.2, 0) is 0 Å². The fraction of sp³-hybridized carbons (Fsp3) is 0.182. The molecule has 76 valence electrons. The summed E-state index contributed by atoms with van der Waals surface area (Å²) in [6, 6.07) is 5.38. The Bertz CT molecular complexity index is 523. The van der Waals surface area contributed by atoms with E-state index in [1.54, 1.807) is 19.2 Å². The summed E-state index contributed by atoms with van der Waals surface area (Å²) < 4.78 is 5.09. The van der Waals surface area contributed by atoms with Crippen molar-refractivity contribution in [2.75, 3.05) is 7.11 Å². The minimum Gasteiger partial charge on any atom is -0.497 e. The number of hydrogen-bond acceptors (Lipinski definition) is 4. The normalized spacial score (nSPS) is 10.3. The van der Waals surface area contributed by atoms with E-state index in [2.05, 4.69) is 9.97 Å². The molecule has 0 unspecified atom stereocenters. The molecule has 0 N–H and O–H groups in total.